The third kappa shape index (κ3) is 1.72. The summed E-state index contributed by atoms with van der Waals surface area (Å²) in [7, 11) is 2.25. The molecule has 0 amide bonds. The zero-order chi connectivity index (χ0) is 7.56. The van der Waals surface area contributed by atoms with E-state index in [1.54, 1.807) is 0 Å². The minimum absolute atomic E-state index is 0.865. The molecule has 1 aliphatic rings. The zero-order valence-corrected chi connectivity index (χ0v) is 7.43. The quantitative estimate of drug-likeness (QED) is 0.540. The summed E-state index contributed by atoms with van der Waals surface area (Å²) in [4.78, 5) is 2.50. The standard InChI is InChI=1S/C9H19N/c1-4-9-7-8(2)5-6-10(9)3/h8-9H,4-7H2,1-3H3/t8?,9-/m0/s1. The van der Waals surface area contributed by atoms with E-state index < -0.39 is 0 Å². The van der Waals surface area contributed by atoms with Gasteiger partial charge in [0.2, 0.25) is 0 Å². The summed E-state index contributed by atoms with van der Waals surface area (Å²) in [5.74, 6) is 0.959. The maximum Gasteiger partial charge on any atom is 0.00921 e. The molecule has 1 heterocycles. The Bertz CT molecular complexity index is 101. The van der Waals surface area contributed by atoms with Gasteiger partial charge >= 0.3 is 0 Å². The Morgan fingerprint density at radius 1 is 1.50 bits per heavy atom. The number of hydrogen-bond acceptors (Lipinski definition) is 1. The van der Waals surface area contributed by atoms with Crippen molar-refractivity contribution in [2.45, 2.75) is 39.2 Å². The van der Waals surface area contributed by atoms with E-state index in [2.05, 4.69) is 25.8 Å². The van der Waals surface area contributed by atoms with E-state index in [9.17, 15) is 0 Å². The molecule has 60 valence electrons. The smallest absolute Gasteiger partial charge is 0.00921 e. The van der Waals surface area contributed by atoms with Crippen molar-refractivity contribution in [3.8, 4) is 0 Å². The first-order valence-corrected chi connectivity index (χ1v) is 4.44. The molecule has 0 spiro atoms. The van der Waals surface area contributed by atoms with Gasteiger partial charge in [-0.1, -0.05) is 13.8 Å². The summed E-state index contributed by atoms with van der Waals surface area (Å²) in [6.07, 6.45) is 4.13. The van der Waals surface area contributed by atoms with Crippen LogP contribution in [0.3, 0.4) is 0 Å². The summed E-state index contributed by atoms with van der Waals surface area (Å²) in [5, 5.41) is 0. The largest absolute Gasteiger partial charge is 0.303 e. The summed E-state index contributed by atoms with van der Waals surface area (Å²) < 4.78 is 0. The van der Waals surface area contributed by atoms with Gasteiger partial charge in [0, 0.05) is 6.04 Å². The molecule has 0 N–H and O–H groups in total. The Balaban J connectivity index is 2.38. The van der Waals surface area contributed by atoms with E-state index in [1.807, 2.05) is 0 Å². The maximum atomic E-state index is 2.50. The zero-order valence-electron chi connectivity index (χ0n) is 7.43. The first-order valence-electron chi connectivity index (χ1n) is 4.44. The van der Waals surface area contributed by atoms with Gasteiger partial charge in [0.15, 0.2) is 0 Å². The van der Waals surface area contributed by atoms with E-state index in [-0.39, 0.29) is 0 Å². The molecule has 0 aromatic heterocycles. The van der Waals surface area contributed by atoms with Gasteiger partial charge in [0.1, 0.15) is 0 Å². The molecule has 1 heteroatoms. The van der Waals surface area contributed by atoms with Crippen molar-refractivity contribution in [2.24, 2.45) is 5.92 Å². The van der Waals surface area contributed by atoms with E-state index in [0.29, 0.717) is 0 Å². The van der Waals surface area contributed by atoms with Gasteiger partial charge in [0.25, 0.3) is 0 Å². The number of nitrogens with zero attached hydrogens (tertiary/aromatic N) is 1. The van der Waals surface area contributed by atoms with Crippen molar-refractivity contribution < 1.29 is 0 Å². The Hall–Kier alpha value is -0.0400. The fourth-order valence-electron chi connectivity index (χ4n) is 1.85. The average Bonchev–Trinajstić information content (AvgIpc) is 1.94. The average molecular weight is 141 g/mol. The van der Waals surface area contributed by atoms with Crippen molar-refractivity contribution in [3.05, 3.63) is 0 Å². The van der Waals surface area contributed by atoms with Crippen LogP contribution in [0.25, 0.3) is 0 Å². The van der Waals surface area contributed by atoms with Gasteiger partial charge in [-0.15, -0.1) is 0 Å². The highest BCUT2D eigenvalue weighted by molar-refractivity contribution is 4.76. The van der Waals surface area contributed by atoms with E-state index in [1.165, 1.54) is 25.8 Å². The molecule has 2 atom stereocenters. The van der Waals surface area contributed by atoms with E-state index >= 15 is 0 Å². The van der Waals surface area contributed by atoms with Crippen LogP contribution in [-0.2, 0) is 0 Å². The minimum atomic E-state index is 0.865. The third-order valence-corrected chi connectivity index (χ3v) is 2.74. The van der Waals surface area contributed by atoms with Crippen molar-refractivity contribution in [2.75, 3.05) is 13.6 Å². The van der Waals surface area contributed by atoms with Gasteiger partial charge in [-0.25, -0.2) is 0 Å². The first kappa shape index (κ1) is 8.06. The predicted octanol–water partition coefficient (Wildman–Crippen LogP) is 2.13. The highest BCUT2D eigenvalue weighted by Gasteiger charge is 2.21. The lowest BCUT2D eigenvalue weighted by atomic mass is 9.92. The molecular formula is C9H19N. The lowest BCUT2D eigenvalue weighted by Gasteiger charge is -2.35. The van der Waals surface area contributed by atoms with E-state index in [4.69, 9.17) is 0 Å². The molecule has 1 saturated heterocycles. The van der Waals surface area contributed by atoms with Crippen LogP contribution in [0.5, 0.6) is 0 Å². The topological polar surface area (TPSA) is 3.24 Å². The van der Waals surface area contributed by atoms with Crippen LogP contribution in [0.4, 0.5) is 0 Å². The predicted molar refractivity (Wildman–Crippen MR) is 45.1 cm³/mol. The van der Waals surface area contributed by atoms with Gasteiger partial charge in [-0.2, -0.15) is 0 Å². The van der Waals surface area contributed by atoms with Crippen molar-refractivity contribution in [1.82, 2.24) is 4.90 Å². The van der Waals surface area contributed by atoms with Gasteiger partial charge in [-0.05, 0) is 38.8 Å². The molecule has 1 fully saturated rings. The van der Waals surface area contributed by atoms with Gasteiger partial charge in [-0.3, -0.25) is 0 Å². The Kier molecular flexibility index (Phi) is 2.72. The number of likely N-dealkylation sites (tertiary alicyclic amines) is 1. The van der Waals surface area contributed by atoms with Crippen molar-refractivity contribution in [3.63, 3.8) is 0 Å². The van der Waals surface area contributed by atoms with Gasteiger partial charge in [0.05, 0.1) is 0 Å². The molecular weight excluding hydrogens is 122 g/mol. The molecule has 1 rings (SSSR count). The molecule has 1 nitrogen and oxygen atoms in total. The van der Waals surface area contributed by atoms with Crippen LogP contribution in [-0.4, -0.2) is 24.5 Å². The van der Waals surface area contributed by atoms with Crippen LogP contribution >= 0.6 is 0 Å². The van der Waals surface area contributed by atoms with Gasteiger partial charge < -0.3 is 4.90 Å². The molecule has 0 aromatic rings. The number of hydrogen-bond donors (Lipinski definition) is 0. The van der Waals surface area contributed by atoms with E-state index in [0.717, 1.165) is 12.0 Å². The Morgan fingerprint density at radius 3 is 2.70 bits per heavy atom. The molecule has 0 saturated carbocycles. The molecule has 0 bridgehead atoms. The second kappa shape index (κ2) is 3.38. The van der Waals surface area contributed by atoms with Crippen LogP contribution in [0.15, 0.2) is 0 Å². The summed E-state index contributed by atoms with van der Waals surface area (Å²) in [6, 6.07) is 0.865. The fraction of sp³-hybridized carbons (Fsp3) is 1.00. The van der Waals surface area contributed by atoms with Crippen LogP contribution in [0.2, 0.25) is 0 Å². The molecule has 10 heavy (non-hydrogen) atoms. The van der Waals surface area contributed by atoms with Crippen LogP contribution in [0.1, 0.15) is 33.1 Å². The third-order valence-electron chi connectivity index (χ3n) is 2.74. The van der Waals surface area contributed by atoms with Crippen LogP contribution < -0.4 is 0 Å². The molecule has 0 radical (unpaired) electrons. The minimum Gasteiger partial charge on any atom is -0.303 e. The summed E-state index contributed by atoms with van der Waals surface area (Å²) in [6.45, 7) is 5.97. The number of piperidine rings is 1. The highest BCUT2D eigenvalue weighted by atomic mass is 15.1. The first-order chi connectivity index (χ1) is 4.74. The number of rotatable bonds is 1. The van der Waals surface area contributed by atoms with Crippen molar-refractivity contribution in [1.29, 1.82) is 0 Å². The lowest BCUT2D eigenvalue weighted by Crippen LogP contribution is -2.38. The molecule has 1 unspecified atom stereocenters. The molecule has 0 aliphatic carbocycles. The normalized spacial score (nSPS) is 36.3. The Labute approximate surface area is 64.4 Å². The second-order valence-electron chi connectivity index (χ2n) is 3.67. The maximum absolute atomic E-state index is 2.50. The second-order valence-corrected chi connectivity index (χ2v) is 3.67. The monoisotopic (exact) mass is 141 g/mol. The molecule has 1 aliphatic heterocycles. The summed E-state index contributed by atoms with van der Waals surface area (Å²) in [5.41, 5.74) is 0. The Morgan fingerprint density at radius 2 is 2.20 bits per heavy atom. The van der Waals surface area contributed by atoms with Crippen molar-refractivity contribution >= 4 is 0 Å². The highest BCUT2D eigenvalue weighted by Crippen LogP contribution is 2.22. The summed E-state index contributed by atoms with van der Waals surface area (Å²) >= 11 is 0. The molecule has 0 aromatic carbocycles. The lowest BCUT2D eigenvalue weighted by molar-refractivity contribution is 0.145. The van der Waals surface area contributed by atoms with Crippen LogP contribution in [0, 0.1) is 5.92 Å². The SMILES string of the molecule is CC[C@H]1CC(C)CCN1C. The fourth-order valence-corrected chi connectivity index (χ4v) is 1.85.